The van der Waals surface area contributed by atoms with Crippen molar-refractivity contribution in [3.63, 3.8) is 0 Å². The van der Waals surface area contributed by atoms with Gasteiger partial charge in [-0.05, 0) is 37.6 Å². The molecule has 1 rings (SSSR count). The summed E-state index contributed by atoms with van der Waals surface area (Å²) in [6.07, 6.45) is 1.76. The molecule has 0 bridgehead atoms. The van der Waals surface area contributed by atoms with E-state index in [0.717, 1.165) is 12.3 Å². The van der Waals surface area contributed by atoms with E-state index in [2.05, 4.69) is 44.8 Å². The molecule has 1 aromatic carbocycles. The van der Waals surface area contributed by atoms with Crippen molar-refractivity contribution in [2.75, 3.05) is 13.2 Å². The van der Waals surface area contributed by atoms with Gasteiger partial charge in [0.25, 0.3) is 0 Å². The third kappa shape index (κ3) is 3.38. The molecule has 1 atom stereocenters. The lowest BCUT2D eigenvalue weighted by Crippen LogP contribution is -2.17. The fourth-order valence-electron chi connectivity index (χ4n) is 1.68. The van der Waals surface area contributed by atoms with Gasteiger partial charge in [0, 0.05) is 6.04 Å². The molecule has 0 spiro atoms. The van der Waals surface area contributed by atoms with E-state index >= 15 is 0 Å². The molecule has 0 fully saturated rings. The zero-order valence-electron chi connectivity index (χ0n) is 10.4. The van der Waals surface area contributed by atoms with Crippen LogP contribution in [-0.4, -0.2) is 13.2 Å². The van der Waals surface area contributed by atoms with Gasteiger partial charge in [0.2, 0.25) is 0 Å². The maximum absolute atomic E-state index is 5.54. The normalized spacial score (nSPS) is 12.2. The van der Waals surface area contributed by atoms with E-state index in [1.165, 1.54) is 11.1 Å². The molecule has 1 unspecified atom stereocenters. The fourth-order valence-corrected chi connectivity index (χ4v) is 1.68. The highest BCUT2D eigenvalue weighted by Crippen LogP contribution is 2.22. The molecule has 1 N–H and O–H groups in total. The van der Waals surface area contributed by atoms with Gasteiger partial charge in [-0.1, -0.05) is 31.7 Å². The highest BCUT2D eigenvalue weighted by Gasteiger charge is 2.06. The van der Waals surface area contributed by atoms with E-state index in [4.69, 9.17) is 4.74 Å². The summed E-state index contributed by atoms with van der Waals surface area (Å²) < 4.78 is 5.54. The molecule has 0 saturated carbocycles. The highest BCUT2D eigenvalue weighted by molar-refractivity contribution is 5.37. The zero-order valence-corrected chi connectivity index (χ0v) is 10.4. The van der Waals surface area contributed by atoms with Crippen LogP contribution < -0.4 is 10.1 Å². The number of nitrogens with one attached hydrogen (secondary N) is 1. The Kier molecular flexibility index (Phi) is 5.06. The van der Waals surface area contributed by atoms with Gasteiger partial charge < -0.3 is 10.1 Å². The van der Waals surface area contributed by atoms with Gasteiger partial charge in [0.15, 0.2) is 0 Å². The van der Waals surface area contributed by atoms with E-state index in [1.54, 1.807) is 6.08 Å². The standard InChI is InChI=1S/C14H21NO/c1-5-9-16-14-8-7-13(10-11(14)3)12(4)15-6-2/h5,7-8,10,12,15H,1,6,9H2,2-4H3. The molecular formula is C14H21NO. The molecule has 2 heteroatoms. The zero-order chi connectivity index (χ0) is 12.0. The largest absolute Gasteiger partial charge is 0.489 e. The van der Waals surface area contributed by atoms with E-state index < -0.39 is 0 Å². The van der Waals surface area contributed by atoms with Crippen LogP contribution in [0.15, 0.2) is 30.9 Å². The Morgan fingerprint density at radius 3 is 2.81 bits per heavy atom. The summed E-state index contributed by atoms with van der Waals surface area (Å²) in [5, 5.41) is 3.39. The fraction of sp³-hybridized carbons (Fsp3) is 0.429. The van der Waals surface area contributed by atoms with Crippen molar-refractivity contribution in [2.45, 2.75) is 26.8 Å². The van der Waals surface area contributed by atoms with Crippen molar-refractivity contribution in [2.24, 2.45) is 0 Å². The number of ether oxygens (including phenoxy) is 1. The van der Waals surface area contributed by atoms with Crippen molar-refractivity contribution in [1.29, 1.82) is 0 Å². The van der Waals surface area contributed by atoms with E-state index in [1.807, 2.05) is 6.07 Å². The third-order valence-corrected chi connectivity index (χ3v) is 2.57. The first-order valence-electron chi connectivity index (χ1n) is 5.76. The molecule has 16 heavy (non-hydrogen) atoms. The van der Waals surface area contributed by atoms with Crippen molar-refractivity contribution < 1.29 is 4.74 Å². The van der Waals surface area contributed by atoms with Gasteiger partial charge in [0.1, 0.15) is 12.4 Å². The summed E-state index contributed by atoms with van der Waals surface area (Å²) in [5.41, 5.74) is 2.47. The lowest BCUT2D eigenvalue weighted by atomic mass is 10.1. The molecule has 2 nitrogen and oxygen atoms in total. The van der Waals surface area contributed by atoms with Crippen LogP contribution in [-0.2, 0) is 0 Å². The first-order valence-corrected chi connectivity index (χ1v) is 5.76. The number of aryl methyl sites for hydroxylation is 1. The molecule has 1 aromatic rings. The van der Waals surface area contributed by atoms with Crippen LogP contribution in [0.1, 0.15) is 31.0 Å². The van der Waals surface area contributed by atoms with Crippen LogP contribution in [0.2, 0.25) is 0 Å². The Morgan fingerprint density at radius 1 is 1.50 bits per heavy atom. The van der Waals surface area contributed by atoms with Gasteiger partial charge in [-0.15, -0.1) is 0 Å². The Morgan fingerprint density at radius 2 is 2.25 bits per heavy atom. The van der Waals surface area contributed by atoms with Gasteiger partial charge in [-0.25, -0.2) is 0 Å². The minimum absolute atomic E-state index is 0.386. The summed E-state index contributed by atoms with van der Waals surface area (Å²) >= 11 is 0. The first kappa shape index (κ1) is 12.8. The lowest BCUT2D eigenvalue weighted by molar-refractivity contribution is 0.360. The molecule has 0 aliphatic heterocycles. The Balaban J connectivity index is 2.77. The van der Waals surface area contributed by atoms with E-state index in [9.17, 15) is 0 Å². The number of hydrogen-bond donors (Lipinski definition) is 1. The van der Waals surface area contributed by atoms with E-state index in [0.29, 0.717) is 12.6 Å². The molecule has 0 aliphatic carbocycles. The van der Waals surface area contributed by atoms with Crippen LogP contribution in [0.25, 0.3) is 0 Å². The summed E-state index contributed by atoms with van der Waals surface area (Å²) in [4.78, 5) is 0. The SMILES string of the molecule is C=CCOc1ccc(C(C)NCC)cc1C. The predicted molar refractivity (Wildman–Crippen MR) is 69.0 cm³/mol. The highest BCUT2D eigenvalue weighted by atomic mass is 16.5. The molecule has 0 radical (unpaired) electrons. The van der Waals surface area contributed by atoms with Crippen LogP contribution in [0.3, 0.4) is 0 Å². The molecule has 0 aliphatic rings. The second-order valence-corrected chi connectivity index (χ2v) is 3.90. The van der Waals surface area contributed by atoms with Crippen LogP contribution in [0, 0.1) is 6.92 Å². The predicted octanol–water partition coefficient (Wildman–Crippen LogP) is 3.23. The lowest BCUT2D eigenvalue weighted by Gasteiger charge is -2.15. The summed E-state index contributed by atoms with van der Waals surface area (Å²) in [7, 11) is 0. The van der Waals surface area contributed by atoms with E-state index in [-0.39, 0.29) is 0 Å². The molecule has 0 amide bonds. The molecular weight excluding hydrogens is 198 g/mol. The van der Waals surface area contributed by atoms with Gasteiger partial charge in [-0.3, -0.25) is 0 Å². The number of rotatable bonds is 6. The third-order valence-electron chi connectivity index (χ3n) is 2.57. The Bertz CT molecular complexity index is 347. The number of benzene rings is 1. The molecule has 0 aromatic heterocycles. The van der Waals surface area contributed by atoms with Crippen molar-refractivity contribution in [1.82, 2.24) is 5.32 Å². The van der Waals surface area contributed by atoms with Crippen molar-refractivity contribution >= 4 is 0 Å². The maximum atomic E-state index is 5.54. The maximum Gasteiger partial charge on any atom is 0.122 e. The minimum Gasteiger partial charge on any atom is -0.489 e. The first-order chi connectivity index (χ1) is 7.69. The van der Waals surface area contributed by atoms with Crippen molar-refractivity contribution in [3.05, 3.63) is 42.0 Å². The van der Waals surface area contributed by atoms with Gasteiger partial charge in [-0.2, -0.15) is 0 Å². The van der Waals surface area contributed by atoms with Gasteiger partial charge >= 0.3 is 0 Å². The second kappa shape index (κ2) is 6.33. The summed E-state index contributed by atoms with van der Waals surface area (Å²) in [6, 6.07) is 6.70. The molecule has 88 valence electrons. The number of hydrogen-bond acceptors (Lipinski definition) is 2. The monoisotopic (exact) mass is 219 g/mol. The topological polar surface area (TPSA) is 21.3 Å². The Hall–Kier alpha value is -1.28. The average molecular weight is 219 g/mol. The second-order valence-electron chi connectivity index (χ2n) is 3.90. The minimum atomic E-state index is 0.386. The van der Waals surface area contributed by atoms with Crippen LogP contribution in [0.4, 0.5) is 0 Å². The van der Waals surface area contributed by atoms with Crippen LogP contribution in [0.5, 0.6) is 5.75 Å². The smallest absolute Gasteiger partial charge is 0.122 e. The summed E-state index contributed by atoms with van der Waals surface area (Å²) in [6.45, 7) is 11.5. The van der Waals surface area contributed by atoms with Crippen molar-refractivity contribution in [3.8, 4) is 5.75 Å². The Labute approximate surface area is 98.3 Å². The molecule has 0 saturated heterocycles. The average Bonchev–Trinajstić information content (AvgIpc) is 2.27. The van der Waals surface area contributed by atoms with Crippen LogP contribution >= 0.6 is 0 Å². The van der Waals surface area contributed by atoms with Gasteiger partial charge in [0.05, 0.1) is 0 Å². The molecule has 0 heterocycles. The summed E-state index contributed by atoms with van der Waals surface area (Å²) in [5.74, 6) is 0.937. The quantitative estimate of drug-likeness (QED) is 0.742.